The standard InChI is InChI=1S/C25H25F3N4OS/c26-25(27,28)20-4-5-23-22(11-20)32(16-34-23)14-18-2-1-3-19(10-18)24-30-12-21(13-31-24)33-15-17-6-8-29-9-7-17/h1-5,10-13,17,29H,6-9,14-16H2. The van der Waals surface area contributed by atoms with E-state index in [9.17, 15) is 13.2 Å². The highest BCUT2D eigenvalue weighted by Crippen LogP contribution is 2.42. The fraction of sp³-hybridized carbons (Fsp3) is 0.360. The Bertz CT molecular complexity index is 1130. The first-order valence-corrected chi connectivity index (χ1v) is 12.3. The number of halogens is 3. The maximum Gasteiger partial charge on any atom is 0.416 e. The number of hydrogen-bond acceptors (Lipinski definition) is 6. The molecule has 34 heavy (non-hydrogen) atoms. The molecular formula is C25H25F3N4OS. The molecule has 2 aliphatic rings. The Kier molecular flexibility index (Phi) is 6.65. The van der Waals surface area contributed by atoms with Gasteiger partial charge in [-0.05, 0) is 61.7 Å². The molecule has 0 unspecified atom stereocenters. The average Bonchev–Trinajstić information content (AvgIpc) is 3.25. The van der Waals surface area contributed by atoms with E-state index in [0.29, 0.717) is 42.2 Å². The first-order chi connectivity index (χ1) is 16.5. The minimum absolute atomic E-state index is 0.507. The minimum atomic E-state index is -4.35. The molecule has 0 radical (unpaired) electrons. The van der Waals surface area contributed by atoms with Crippen LogP contribution in [0.2, 0.25) is 0 Å². The van der Waals surface area contributed by atoms with Gasteiger partial charge in [-0.1, -0.05) is 18.2 Å². The number of nitrogens with zero attached hydrogens (tertiary/aromatic N) is 3. The molecule has 178 valence electrons. The van der Waals surface area contributed by atoms with Gasteiger partial charge in [-0.15, -0.1) is 11.8 Å². The van der Waals surface area contributed by atoms with Gasteiger partial charge in [0.05, 0.1) is 36.1 Å². The van der Waals surface area contributed by atoms with Gasteiger partial charge >= 0.3 is 6.18 Å². The maximum absolute atomic E-state index is 13.2. The van der Waals surface area contributed by atoms with Crippen LogP contribution < -0.4 is 15.0 Å². The number of aromatic nitrogens is 2. The zero-order valence-corrected chi connectivity index (χ0v) is 19.3. The molecule has 5 nitrogen and oxygen atoms in total. The highest BCUT2D eigenvalue weighted by atomic mass is 32.2. The van der Waals surface area contributed by atoms with E-state index in [2.05, 4.69) is 15.3 Å². The normalized spacial score (nSPS) is 16.5. The lowest BCUT2D eigenvalue weighted by molar-refractivity contribution is -0.137. The zero-order valence-electron chi connectivity index (χ0n) is 18.5. The van der Waals surface area contributed by atoms with Crippen molar-refractivity contribution in [2.45, 2.75) is 30.5 Å². The van der Waals surface area contributed by atoms with E-state index in [1.54, 1.807) is 30.2 Å². The summed E-state index contributed by atoms with van der Waals surface area (Å²) < 4.78 is 45.4. The van der Waals surface area contributed by atoms with Crippen LogP contribution in [0, 0.1) is 5.92 Å². The second kappa shape index (κ2) is 9.84. The summed E-state index contributed by atoms with van der Waals surface area (Å²) in [4.78, 5) is 11.8. The molecule has 5 rings (SSSR count). The number of anilines is 1. The molecule has 0 aliphatic carbocycles. The maximum atomic E-state index is 13.2. The largest absolute Gasteiger partial charge is 0.490 e. The Morgan fingerprint density at radius 3 is 2.62 bits per heavy atom. The molecule has 3 heterocycles. The summed E-state index contributed by atoms with van der Waals surface area (Å²) in [5.74, 6) is 2.41. The fourth-order valence-electron chi connectivity index (χ4n) is 4.24. The minimum Gasteiger partial charge on any atom is -0.490 e. The van der Waals surface area contributed by atoms with Crippen molar-refractivity contribution in [3.05, 3.63) is 66.0 Å². The number of rotatable bonds is 6. The average molecular weight is 487 g/mol. The molecule has 2 aromatic carbocycles. The predicted molar refractivity (Wildman–Crippen MR) is 127 cm³/mol. The van der Waals surface area contributed by atoms with E-state index >= 15 is 0 Å². The van der Waals surface area contributed by atoms with Gasteiger partial charge in [-0.25, -0.2) is 9.97 Å². The summed E-state index contributed by atoms with van der Waals surface area (Å²) in [5, 5.41) is 3.35. The molecule has 0 bridgehead atoms. The van der Waals surface area contributed by atoms with Gasteiger partial charge in [0, 0.05) is 17.0 Å². The van der Waals surface area contributed by atoms with Crippen molar-refractivity contribution in [2.75, 3.05) is 30.5 Å². The Balaban J connectivity index is 1.26. The third-order valence-electron chi connectivity index (χ3n) is 6.13. The van der Waals surface area contributed by atoms with Gasteiger partial charge in [-0.3, -0.25) is 0 Å². The topological polar surface area (TPSA) is 50.3 Å². The van der Waals surface area contributed by atoms with Crippen LogP contribution in [0.15, 0.2) is 59.8 Å². The van der Waals surface area contributed by atoms with Crippen molar-refractivity contribution in [2.24, 2.45) is 5.92 Å². The number of thioether (sulfide) groups is 1. The summed E-state index contributed by atoms with van der Waals surface area (Å²) in [6, 6.07) is 11.8. The molecule has 9 heteroatoms. The first kappa shape index (κ1) is 23.0. The van der Waals surface area contributed by atoms with Crippen LogP contribution in [0.25, 0.3) is 11.4 Å². The molecule has 0 spiro atoms. The second-order valence-electron chi connectivity index (χ2n) is 8.60. The van der Waals surface area contributed by atoms with Crippen LogP contribution in [-0.4, -0.2) is 35.5 Å². The van der Waals surface area contributed by atoms with E-state index in [1.165, 1.54) is 6.07 Å². The summed E-state index contributed by atoms with van der Waals surface area (Å²) in [6.45, 7) is 3.24. The van der Waals surface area contributed by atoms with Crippen molar-refractivity contribution in [1.82, 2.24) is 15.3 Å². The molecule has 3 aromatic rings. The zero-order chi connectivity index (χ0) is 23.5. The van der Waals surface area contributed by atoms with Crippen LogP contribution in [0.5, 0.6) is 5.75 Å². The monoisotopic (exact) mass is 486 g/mol. The lowest BCUT2D eigenvalue weighted by Gasteiger charge is -2.22. The van der Waals surface area contributed by atoms with Gasteiger partial charge in [0.25, 0.3) is 0 Å². The van der Waals surface area contributed by atoms with Crippen LogP contribution in [0.3, 0.4) is 0 Å². The number of alkyl halides is 3. The van der Waals surface area contributed by atoms with Crippen LogP contribution >= 0.6 is 11.8 Å². The Morgan fingerprint density at radius 1 is 1.06 bits per heavy atom. The van der Waals surface area contributed by atoms with E-state index < -0.39 is 11.7 Å². The Labute approximate surface area is 200 Å². The van der Waals surface area contributed by atoms with Crippen molar-refractivity contribution in [3.63, 3.8) is 0 Å². The Hall–Kier alpha value is -2.78. The Morgan fingerprint density at radius 2 is 1.85 bits per heavy atom. The van der Waals surface area contributed by atoms with Gasteiger partial charge in [0.2, 0.25) is 0 Å². The molecule has 1 fully saturated rings. The van der Waals surface area contributed by atoms with Gasteiger partial charge in [0.15, 0.2) is 11.6 Å². The number of nitrogens with one attached hydrogen (secondary N) is 1. The summed E-state index contributed by atoms with van der Waals surface area (Å²) in [7, 11) is 0. The SMILES string of the molecule is FC(F)(F)c1ccc2c(c1)N(Cc1cccc(-c3ncc(OCC4CCNCC4)cn3)c1)CS2. The number of hydrogen-bond donors (Lipinski definition) is 1. The predicted octanol–water partition coefficient (Wildman–Crippen LogP) is 5.61. The van der Waals surface area contributed by atoms with E-state index in [-0.39, 0.29) is 0 Å². The first-order valence-electron chi connectivity index (χ1n) is 11.3. The van der Waals surface area contributed by atoms with Crippen molar-refractivity contribution >= 4 is 17.4 Å². The third kappa shape index (κ3) is 5.31. The third-order valence-corrected chi connectivity index (χ3v) is 7.23. The van der Waals surface area contributed by atoms with E-state index in [4.69, 9.17) is 4.74 Å². The van der Waals surface area contributed by atoms with Crippen LogP contribution in [-0.2, 0) is 12.7 Å². The number of ether oxygens (including phenoxy) is 1. The molecule has 2 aliphatic heterocycles. The number of fused-ring (bicyclic) bond motifs is 1. The van der Waals surface area contributed by atoms with Crippen LogP contribution in [0.1, 0.15) is 24.0 Å². The fourth-order valence-corrected chi connectivity index (χ4v) is 5.27. The van der Waals surface area contributed by atoms with E-state index in [1.807, 2.05) is 29.2 Å². The highest BCUT2D eigenvalue weighted by Gasteiger charge is 2.33. The summed E-state index contributed by atoms with van der Waals surface area (Å²) in [6.07, 6.45) is 1.27. The van der Waals surface area contributed by atoms with Gasteiger partial charge in [-0.2, -0.15) is 13.2 Å². The smallest absolute Gasteiger partial charge is 0.416 e. The molecule has 1 saturated heterocycles. The molecule has 0 amide bonds. The molecule has 1 N–H and O–H groups in total. The molecular weight excluding hydrogens is 461 g/mol. The van der Waals surface area contributed by atoms with Crippen LogP contribution in [0.4, 0.5) is 18.9 Å². The highest BCUT2D eigenvalue weighted by molar-refractivity contribution is 7.99. The quantitative estimate of drug-likeness (QED) is 0.489. The summed E-state index contributed by atoms with van der Waals surface area (Å²) >= 11 is 1.55. The van der Waals surface area contributed by atoms with E-state index in [0.717, 1.165) is 48.0 Å². The number of piperidine rings is 1. The molecule has 0 saturated carbocycles. The molecule has 0 atom stereocenters. The van der Waals surface area contributed by atoms with Crippen molar-refractivity contribution in [3.8, 4) is 17.1 Å². The van der Waals surface area contributed by atoms with Gasteiger partial charge < -0.3 is 15.0 Å². The second-order valence-corrected chi connectivity index (χ2v) is 9.59. The molecule has 1 aromatic heterocycles. The van der Waals surface area contributed by atoms with Crippen molar-refractivity contribution < 1.29 is 17.9 Å². The lowest BCUT2D eigenvalue weighted by atomic mass is 9.99. The summed E-state index contributed by atoms with van der Waals surface area (Å²) in [5.41, 5.74) is 1.84. The lowest BCUT2D eigenvalue weighted by Crippen LogP contribution is -2.30. The number of benzene rings is 2. The van der Waals surface area contributed by atoms with Crippen molar-refractivity contribution in [1.29, 1.82) is 0 Å². The van der Waals surface area contributed by atoms with Gasteiger partial charge in [0.1, 0.15) is 0 Å².